The molecule has 0 amide bonds. The maximum Gasteiger partial charge on any atom is 0.133 e. The zero-order valence-electron chi connectivity index (χ0n) is 10.3. The quantitative estimate of drug-likeness (QED) is 0.810. The van der Waals surface area contributed by atoms with Gasteiger partial charge in [0.2, 0.25) is 0 Å². The van der Waals surface area contributed by atoms with Crippen LogP contribution in [0.2, 0.25) is 0 Å². The number of carbonyl (C=O) groups excluding carboxylic acids is 1. The van der Waals surface area contributed by atoms with E-state index in [1.54, 1.807) is 6.20 Å². The molecule has 2 aromatic rings. The number of carbonyl (C=O) groups is 1. The van der Waals surface area contributed by atoms with Gasteiger partial charge in [-0.05, 0) is 18.6 Å². The molecule has 92 valence electrons. The molecule has 1 aliphatic carbocycles. The summed E-state index contributed by atoms with van der Waals surface area (Å²) in [5, 5.41) is 8.17. The van der Waals surface area contributed by atoms with E-state index >= 15 is 0 Å². The lowest BCUT2D eigenvalue weighted by molar-refractivity contribution is -0.117. The predicted octanol–water partition coefficient (Wildman–Crippen LogP) is 2.28. The van der Waals surface area contributed by atoms with E-state index in [0.717, 1.165) is 17.8 Å². The molecule has 18 heavy (non-hydrogen) atoms. The number of hydrogen-bond acceptors (Lipinski definition) is 3. The molecule has 0 N–H and O–H groups in total. The Morgan fingerprint density at radius 3 is 2.72 bits per heavy atom. The summed E-state index contributed by atoms with van der Waals surface area (Å²) in [5.41, 5.74) is 1.89. The van der Waals surface area contributed by atoms with E-state index in [1.807, 2.05) is 35.0 Å². The molecular weight excluding hydrogens is 226 g/mol. The van der Waals surface area contributed by atoms with Crippen molar-refractivity contribution in [2.75, 3.05) is 0 Å². The van der Waals surface area contributed by atoms with Crippen molar-refractivity contribution in [3.05, 3.63) is 42.2 Å². The van der Waals surface area contributed by atoms with Crippen LogP contribution < -0.4 is 0 Å². The molecule has 4 nitrogen and oxygen atoms in total. The molecule has 0 spiro atoms. The molecule has 1 unspecified atom stereocenters. The Bertz CT molecular complexity index is 576. The third kappa shape index (κ3) is 1.74. The fourth-order valence-electron chi connectivity index (χ4n) is 2.65. The van der Waals surface area contributed by atoms with Gasteiger partial charge in [0.1, 0.15) is 5.78 Å². The summed E-state index contributed by atoms with van der Waals surface area (Å²) >= 11 is 0. The summed E-state index contributed by atoms with van der Waals surface area (Å²) in [5.74, 6) is 0.332. The molecule has 0 saturated heterocycles. The molecule has 1 aromatic carbocycles. The van der Waals surface area contributed by atoms with Crippen LogP contribution in [0.3, 0.4) is 0 Å². The van der Waals surface area contributed by atoms with Crippen LogP contribution >= 0.6 is 0 Å². The van der Waals surface area contributed by atoms with Crippen LogP contribution in [0.4, 0.5) is 0 Å². The fourth-order valence-corrected chi connectivity index (χ4v) is 2.65. The molecule has 1 aromatic heterocycles. The largest absolute Gasteiger partial charge is 0.300 e. The van der Waals surface area contributed by atoms with Crippen molar-refractivity contribution >= 4 is 5.78 Å². The van der Waals surface area contributed by atoms with Crippen LogP contribution in [0, 0.1) is 0 Å². The van der Waals surface area contributed by atoms with Gasteiger partial charge in [-0.25, -0.2) is 4.68 Å². The van der Waals surface area contributed by atoms with Crippen molar-refractivity contribution < 1.29 is 4.79 Å². The SMILES string of the molecule is CC1(c2cnnn2-c2ccccc2)CCC(=O)C1. The first-order valence-corrected chi connectivity index (χ1v) is 6.17. The number of ketones is 1. The van der Waals surface area contributed by atoms with Crippen LogP contribution in [0.25, 0.3) is 5.69 Å². The minimum Gasteiger partial charge on any atom is -0.300 e. The van der Waals surface area contributed by atoms with Gasteiger partial charge in [0, 0.05) is 18.3 Å². The fraction of sp³-hybridized carbons (Fsp3) is 0.357. The number of hydrogen-bond donors (Lipinski definition) is 0. The summed E-state index contributed by atoms with van der Waals surface area (Å²) in [6, 6.07) is 9.92. The molecule has 1 saturated carbocycles. The van der Waals surface area contributed by atoms with Crippen LogP contribution in [-0.2, 0) is 10.2 Å². The summed E-state index contributed by atoms with van der Waals surface area (Å²) in [6.07, 6.45) is 3.92. The second kappa shape index (κ2) is 4.05. The highest BCUT2D eigenvalue weighted by molar-refractivity contribution is 5.82. The first kappa shape index (κ1) is 11.1. The summed E-state index contributed by atoms with van der Waals surface area (Å²) in [7, 11) is 0. The van der Waals surface area contributed by atoms with E-state index < -0.39 is 0 Å². The van der Waals surface area contributed by atoms with Crippen molar-refractivity contribution in [1.82, 2.24) is 15.0 Å². The molecule has 0 bridgehead atoms. The van der Waals surface area contributed by atoms with Crippen LogP contribution in [0.1, 0.15) is 31.9 Å². The molecule has 1 aliphatic rings. The second-order valence-corrected chi connectivity index (χ2v) is 5.14. The number of aromatic nitrogens is 3. The number of para-hydroxylation sites is 1. The number of rotatable bonds is 2. The molecule has 0 aliphatic heterocycles. The minimum atomic E-state index is -0.129. The summed E-state index contributed by atoms with van der Waals surface area (Å²) in [6.45, 7) is 2.12. The van der Waals surface area contributed by atoms with E-state index in [1.165, 1.54) is 0 Å². The lowest BCUT2D eigenvalue weighted by atomic mass is 9.85. The lowest BCUT2D eigenvalue weighted by Crippen LogP contribution is -2.22. The van der Waals surface area contributed by atoms with Crippen LogP contribution in [0.5, 0.6) is 0 Å². The van der Waals surface area contributed by atoms with Crippen molar-refractivity contribution in [3.8, 4) is 5.69 Å². The normalized spacial score (nSPS) is 23.5. The van der Waals surface area contributed by atoms with Gasteiger partial charge in [-0.3, -0.25) is 4.79 Å². The first-order valence-electron chi connectivity index (χ1n) is 6.17. The maximum absolute atomic E-state index is 11.6. The maximum atomic E-state index is 11.6. The van der Waals surface area contributed by atoms with Gasteiger partial charge >= 0.3 is 0 Å². The van der Waals surface area contributed by atoms with E-state index in [9.17, 15) is 4.79 Å². The van der Waals surface area contributed by atoms with Crippen molar-refractivity contribution in [1.29, 1.82) is 0 Å². The van der Waals surface area contributed by atoms with E-state index in [2.05, 4.69) is 17.2 Å². The Balaban J connectivity index is 2.05. The highest BCUT2D eigenvalue weighted by Crippen LogP contribution is 2.38. The minimum absolute atomic E-state index is 0.129. The van der Waals surface area contributed by atoms with E-state index in [-0.39, 0.29) is 5.41 Å². The standard InChI is InChI=1S/C14H15N3O/c1-14(8-7-12(18)9-14)13-10-15-16-17(13)11-5-3-2-4-6-11/h2-6,10H,7-9H2,1H3. The lowest BCUT2D eigenvalue weighted by Gasteiger charge is -2.22. The third-order valence-electron chi connectivity index (χ3n) is 3.71. The molecule has 3 rings (SSSR count). The third-order valence-corrected chi connectivity index (χ3v) is 3.71. The number of benzene rings is 1. The van der Waals surface area contributed by atoms with Crippen LogP contribution in [0.15, 0.2) is 36.5 Å². The number of Topliss-reactive ketones (excluding diaryl/α,β-unsaturated/α-hetero) is 1. The summed E-state index contributed by atoms with van der Waals surface area (Å²) in [4.78, 5) is 11.6. The average Bonchev–Trinajstić information content (AvgIpc) is 2.98. The average molecular weight is 241 g/mol. The molecule has 0 radical (unpaired) electrons. The molecule has 4 heteroatoms. The second-order valence-electron chi connectivity index (χ2n) is 5.14. The number of nitrogens with zero attached hydrogens (tertiary/aromatic N) is 3. The van der Waals surface area contributed by atoms with Gasteiger partial charge in [-0.2, -0.15) is 0 Å². The molecule has 1 heterocycles. The topological polar surface area (TPSA) is 47.8 Å². The van der Waals surface area contributed by atoms with Gasteiger partial charge in [0.15, 0.2) is 0 Å². The van der Waals surface area contributed by atoms with E-state index in [4.69, 9.17) is 0 Å². The van der Waals surface area contributed by atoms with Crippen molar-refractivity contribution in [3.63, 3.8) is 0 Å². The van der Waals surface area contributed by atoms with E-state index in [0.29, 0.717) is 18.6 Å². The Morgan fingerprint density at radius 2 is 2.06 bits per heavy atom. The molecule has 1 fully saturated rings. The highest BCUT2D eigenvalue weighted by atomic mass is 16.1. The zero-order chi connectivity index (χ0) is 12.6. The smallest absolute Gasteiger partial charge is 0.133 e. The van der Waals surface area contributed by atoms with Gasteiger partial charge in [0.25, 0.3) is 0 Å². The Labute approximate surface area is 106 Å². The summed E-state index contributed by atoms with van der Waals surface area (Å²) < 4.78 is 1.85. The van der Waals surface area contributed by atoms with Crippen LogP contribution in [-0.4, -0.2) is 20.8 Å². The Kier molecular flexibility index (Phi) is 2.51. The molecule has 1 atom stereocenters. The molecular formula is C14H15N3O. The monoisotopic (exact) mass is 241 g/mol. The van der Waals surface area contributed by atoms with Crippen molar-refractivity contribution in [2.45, 2.75) is 31.6 Å². The highest BCUT2D eigenvalue weighted by Gasteiger charge is 2.38. The zero-order valence-corrected chi connectivity index (χ0v) is 10.3. The van der Waals surface area contributed by atoms with Crippen molar-refractivity contribution in [2.24, 2.45) is 0 Å². The first-order chi connectivity index (χ1) is 8.69. The predicted molar refractivity (Wildman–Crippen MR) is 67.6 cm³/mol. The van der Waals surface area contributed by atoms with Gasteiger partial charge < -0.3 is 0 Å². The Morgan fingerprint density at radius 1 is 1.28 bits per heavy atom. The van der Waals surface area contributed by atoms with Gasteiger partial charge in [-0.1, -0.05) is 30.3 Å². The van der Waals surface area contributed by atoms with Gasteiger partial charge in [0.05, 0.1) is 17.6 Å². The van der Waals surface area contributed by atoms with Gasteiger partial charge in [-0.15, -0.1) is 5.10 Å². The Hall–Kier alpha value is -1.97.